The van der Waals surface area contributed by atoms with Crippen LogP contribution in [-0.2, 0) is 6.54 Å². The molecular formula is C16H16ClFN2O2. The summed E-state index contributed by atoms with van der Waals surface area (Å²) in [6, 6.07) is 12.2. The van der Waals surface area contributed by atoms with Crippen LogP contribution in [0.25, 0.3) is 0 Å². The molecule has 0 aliphatic rings. The molecule has 22 heavy (non-hydrogen) atoms. The van der Waals surface area contributed by atoms with Crippen molar-refractivity contribution in [2.75, 3.05) is 6.54 Å². The van der Waals surface area contributed by atoms with Crippen molar-refractivity contribution >= 4 is 17.6 Å². The van der Waals surface area contributed by atoms with Gasteiger partial charge in [0.15, 0.2) is 0 Å². The molecule has 3 N–H and O–H groups in total. The number of benzene rings is 2. The van der Waals surface area contributed by atoms with Gasteiger partial charge in [-0.3, -0.25) is 0 Å². The van der Waals surface area contributed by atoms with Crippen LogP contribution >= 0.6 is 11.6 Å². The molecule has 1 unspecified atom stereocenters. The number of halogens is 2. The zero-order chi connectivity index (χ0) is 15.9. The van der Waals surface area contributed by atoms with Gasteiger partial charge in [-0.2, -0.15) is 0 Å². The minimum atomic E-state index is -0.811. The number of rotatable bonds is 5. The van der Waals surface area contributed by atoms with Gasteiger partial charge in [-0.25, -0.2) is 9.18 Å². The first-order valence-electron chi connectivity index (χ1n) is 6.74. The van der Waals surface area contributed by atoms with Gasteiger partial charge in [-0.05, 0) is 35.4 Å². The summed E-state index contributed by atoms with van der Waals surface area (Å²) in [5.74, 6) is -0.320. The van der Waals surface area contributed by atoms with Crippen LogP contribution in [0.1, 0.15) is 17.2 Å². The van der Waals surface area contributed by atoms with Crippen molar-refractivity contribution in [3.8, 4) is 0 Å². The smallest absolute Gasteiger partial charge is 0.315 e. The molecule has 0 radical (unpaired) electrons. The van der Waals surface area contributed by atoms with Crippen molar-refractivity contribution in [3.63, 3.8) is 0 Å². The Morgan fingerprint density at radius 3 is 2.36 bits per heavy atom. The predicted octanol–water partition coefficient (Wildman–Crippen LogP) is 3.01. The Balaban J connectivity index is 1.75. The van der Waals surface area contributed by atoms with Crippen LogP contribution in [0.2, 0.25) is 5.02 Å². The van der Waals surface area contributed by atoms with Gasteiger partial charge in [0.1, 0.15) is 5.82 Å². The number of urea groups is 1. The summed E-state index contributed by atoms with van der Waals surface area (Å²) >= 11 is 5.77. The highest BCUT2D eigenvalue weighted by Gasteiger charge is 2.09. The van der Waals surface area contributed by atoms with Gasteiger partial charge in [-0.1, -0.05) is 35.9 Å². The topological polar surface area (TPSA) is 61.4 Å². The molecule has 0 aliphatic heterocycles. The van der Waals surface area contributed by atoms with Gasteiger partial charge < -0.3 is 15.7 Å². The Labute approximate surface area is 132 Å². The lowest BCUT2D eigenvalue weighted by Crippen LogP contribution is -2.37. The molecule has 0 saturated heterocycles. The molecule has 0 aliphatic carbocycles. The Kier molecular flexibility index (Phi) is 5.75. The molecular weight excluding hydrogens is 307 g/mol. The Bertz CT molecular complexity index is 617. The molecule has 4 nitrogen and oxygen atoms in total. The number of carbonyl (C=O) groups excluding carboxylic acids is 1. The lowest BCUT2D eigenvalue weighted by atomic mass is 10.1. The van der Waals surface area contributed by atoms with Crippen LogP contribution < -0.4 is 10.6 Å². The maximum Gasteiger partial charge on any atom is 0.315 e. The summed E-state index contributed by atoms with van der Waals surface area (Å²) in [5, 5.41) is 15.7. The predicted molar refractivity (Wildman–Crippen MR) is 83.1 cm³/mol. The van der Waals surface area contributed by atoms with Gasteiger partial charge >= 0.3 is 6.03 Å². The van der Waals surface area contributed by atoms with Gasteiger partial charge in [0.2, 0.25) is 0 Å². The fourth-order valence-electron chi connectivity index (χ4n) is 1.84. The molecule has 2 amide bonds. The normalized spacial score (nSPS) is 11.8. The van der Waals surface area contributed by atoms with E-state index in [-0.39, 0.29) is 18.9 Å². The molecule has 0 bridgehead atoms. The van der Waals surface area contributed by atoms with E-state index < -0.39 is 12.1 Å². The number of nitrogens with one attached hydrogen (secondary N) is 2. The Hall–Kier alpha value is -2.11. The number of carbonyl (C=O) groups is 1. The molecule has 6 heteroatoms. The molecule has 1 atom stereocenters. The molecule has 0 heterocycles. The molecule has 0 aromatic heterocycles. The first kappa shape index (κ1) is 16.3. The van der Waals surface area contributed by atoms with E-state index in [4.69, 9.17) is 11.6 Å². The van der Waals surface area contributed by atoms with E-state index in [9.17, 15) is 14.3 Å². The van der Waals surface area contributed by atoms with Crippen molar-refractivity contribution in [3.05, 3.63) is 70.5 Å². The molecule has 2 aromatic carbocycles. The van der Waals surface area contributed by atoms with E-state index in [1.165, 1.54) is 12.1 Å². The number of amides is 2. The SMILES string of the molecule is O=C(NCc1ccc(F)cc1)NCC(O)c1ccc(Cl)cc1. The lowest BCUT2D eigenvalue weighted by molar-refractivity contribution is 0.173. The summed E-state index contributed by atoms with van der Waals surface area (Å²) in [7, 11) is 0. The van der Waals surface area contributed by atoms with Crippen molar-refractivity contribution < 1.29 is 14.3 Å². The van der Waals surface area contributed by atoms with Crippen LogP contribution in [-0.4, -0.2) is 17.7 Å². The molecule has 0 fully saturated rings. The second kappa shape index (κ2) is 7.77. The summed E-state index contributed by atoms with van der Waals surface area (Å²) in [5.41, 5.74) is 1.46. The quantitative estimate of drug-likeness (QED) is 0.792. The third kappa shape index (κ3) is 5.02. The third-order valence-electron chi connectivity index (χ3n) is 3.08. The van der Waals surface area contributed by atoms with Crippen LogP contribution in [0.4, 0.5) is 9.18 Å². The average molecular weight is 323 g/mol. The molecule has 2 aromatic rings. The van der Waals surface area contributed by atoms with Gasteiger partial charge in [-0.15, -0.1) is 0 Å². The van der Waals surface area contributed by atoms with Crippen molar-refractivity contribution in [1.82, 2.24) is 10.6 Å². The van der Waals surface area contributed by atoms with Crippen molar-refractivity contribution in [2.45, 2.75) is 12.6 Å². The number of hydrogen-bond acceptors (Lipinski definition) is 2. The zero-order valence-electron chi connectivity index (χ0n) is 11.7. The van der Waals surface area contributed by atoms with Crippen molar-refractivity contribution in [1.29, 1.82) is 0 Å². The minimum Gasteiger partial charge on any atom is -0.387 e. The molecule has 2 rings (SSSR count). The van der Waals surface area contributed by atoms with E-state index in [2.05, 4.69) is 10.6 Å². The van der Waals surface area contributed by atoms with E-state index in [0.717, 1.165) is 5.56 Å². The highest BCUT2D eigenvalue weighted by molar-refractivity contribution is 6.30. The van der Waals surface area contributed by atoms with Crippen LogP contribution in [0.15, 0.2) is 48.5 Å². The second-order valence-electron chi connectivity index (χ2n) is 4.76. The number of aliphatic hydroxyl groups excluding tert-OH is 1. The first-order chi connectivity index (χ1) is 10.5. The second-order valence-corrected chi connectivity index (χ2v) is 5.19. The lowest BCUT2D eigenvalue weighted by Gasteiger charge is -2.13. The fraction of sp³-hybridized carbons (Fsp3) is 0.188. The maximum atomic E-state index is 12.7. The maximum absolute atomic E-state index is 12.7. The minimum absolute atomic E-state index is 0.0802. The third-order valence-corrected chi connectivity index (χ3v) is 3.33. The standard InChI is InChI=1S/C16H16ClFN2O2/c17-13-5-3-12(4-6-13)15(21)10-20-16(22)19-9-11-1-7-14(18)8-2-11/h1-8,15,21H,9-10H2,(H2,19,20,22). The zero-order valence-corrected chi connectivity index (χ0v) is 12.5. The highest BCUT2D eigenvalue weighted by atomic mass is 35.5. The molecule has 0 saturated carbocycles. The Morgan fingerprint density at radius 1 is 1.09 bits per heavy atom. The average Bonchev–Trinajstić information content (AvgIpc) is 2.52. The molecule has 0 spiro atoms. The fourth-order valence-corrected chi connectivity index (χ4v) is 1.97. The van der Waals surface area contributed by atoms with Gasteiger partial charge in [0, 0.05) is 18.1 Å². The number of hydrogen-bond donors (Lipinski definition) is 3. The van der Waals surface area contributed by atoms with Crippen LogP contribution in [0, 0.1) is 5.82 Å². The Morgan fingerprint density at radius 2 is 1.73 bits per heavy atom. The van der Waals surface area contributed by atoms with Gasteiger partial charge in [0.05, 0.1) is 6.10 Å². The summed E-state index contributed by atoms with van der Waals surface area (Å²) in [4.78, 5) is 11.6. The highest BCUT2D eigenvalue weighted by Crippen LogP contribution is 2.15. The molecule has 116 valence electrons. The largest absolute Gasteiger partial charge is 0.387 e. The monoisotopic (exact) mass is 322 g/mol. The van der Waals surface area contributed by atoms with Crippen molar-refractivity contribution in [2.24, 2.45) is 0 Å². The van der Waals surface area contributed by atoms with Crippen LogP contribution in [0.3, 0.4) is 0 Å². The summed E-state index contributed by atoms with van der Waals surface area (Å²) in [6.45, 7) is 0.361. The van der Waals surface area contributed by atoms with E-state index in [1.807, 2.05) is 0 Å². The first-order valence-corrected chi connectivity index (χ1v) is 7.12. The number of aliphatic hydroxyl groups is 1. The summed E-state index contributed by atoms with van der Waals surface area (Å²) < 4.78 is 12.7. The van der Waals surface area contributed by atoms with Crippen LogP contribution in [0.5, 0.6) is 0 Å². The van der Waals surface area contributed by atoms with E-state index in [0.29, 0.717) is 10.6 Å². The van der Waals surface area contributed by atoms with E-state index in [1.54, 1.807) is 36.4 Å². The summed E-state index contributed by atoms with van der Waals surface area (Å²) in [6.07, 6.45) is -0.811. The van der Waals surface area contributed by atoms with Gasteiger partial charge in [0.25, 0.3) is 0 Å². The van der Waals surface area contributed by atoms with E-state index >= 15 is 0 Å².